The van der Waals surface area contributed by atoms with E-state index in [-0.39, 0.29) is 0 Å². The second kappa shape index (κ2) is 7.11. The van der Waals surface area contributed by atoms with E-state index in [1.807, 2.05) is 23.1 Å². The zero-order valence-corrected chi connectivity index (χ0v) is 10.8. The van der Waals surface area contributed by atoms with Crippen molar-refractivity contribution in [3.8, 4) is 0 Å². The second-order valence-electron chi connectivity index (χ2n) is 4.69. The van der Waals surface area contributed by atoms with Gasteiger partial charge in [0.1, 0.15) is 0 Å². The van der Waals surface area contributed by atoms with Gasteiger partial charge in [-0.25, -0.2) is 0 Å². The van der Waals surface area contributed by atoms with Crippen LogP contribution in [0.5, 0.6) is 0 Å². The monoisotopic (exact) mass is 247 g/mol. The van der Waals surface area contributed by atoms with Gasteiger partial charge in [-0.3, -0.25) is 9.78 Å². The molecule has 0 saturated carbocycles. The fourth-order valence-corrected chi connectivity index (χ4v) is 2.21. The Bertz CT molecular complexity index is 367. The van der Waals surface area contributed by atoms with Crippen LogP contribution in [0, 0.1) is 0 Å². The number of pyridine rings is 1. The van der Waals surface area contributed by atoms with Crippen molar-refractivity contribution < 1.29 is 4.79 Å². The predicted octanol–water partition coefficient (Wildman–Crippen LogP) is 1.57. The van der Waals surface area contributed by atoms with Crippen LogP contribution in [0.15, 0.2) is 24.4 Å². The van der Waals surface area contributed by atoms with E-state index < -0.39 is 0 Å². The van der Waals surface area contributed by atoms with Crippen LogP contribution >= 0.6 is 0 Å². The van der Waals surface area contributed by atoms with E-state index in [9.17, 15) is 4.79 Å². The van der Waals surface area contributed by atoms with Gasteiger partial charge in [0.2, 0.25) is 5.91 Å². The number of nitrogens with zero attached hydrogens (tertiary/aromatic N) is 2. The number of nitrogens with one attached hydrogen (secondary N) is 1. The second-order valence-corrected chi connectivity index (χ2v) is 4.69. The summed E-state index contributed by atoms with van der Waals surface area (Å²) in [5, 5.41) is 3.33. The lowest BCUT2D eigenvalue weighted by atomic mass is 10.2. The van der Waals surface area contributed by atoms with Crippen molar-refractivity contribution >= 4 is 5.91 Å². The minimum atomic E-state index is 0.312. The predicted molar refractivity (Wildman–Crippen MR) is 71.0 cm³/mol. The van der Waals surface area contributed by atoms with Crippen molar-refractivity contribution in [2.45, 2.75) is 32.2 Å². The zero-order valence-electron chi connectivity index (χ0n) is 10.8. The van der Waals surface area contributed by atoms with Gasteiger partial charge in [-0.1, -0.05) is 12.5 Å². The normalized spacial score (nSPS) is 16.7. The van der Waals surface area contributed by atoms with Crippen LogP contribution in [0.1, 0.15) is 31.4 Å². The van der Waals surface area contributed by atoms with Crippen molar-refractivity contribution in [2.24, 2.45) is 0 Å². The molecule has 1 N–H and O–H groups in total. The van der Waals surface area contributed by atoms with E-state index >= 15 is 0 Å². The standard InChI is InChI=1S/C14H21N3O/c18-14-7-2-1-5-10-17(14)11-9-15-12-13-6-3-4-8-16-13/h3-4,6,8,15H,1-2,5,7,9-12H2. The molecule has 4 nitrogen and oxygen atoms in total. The summed E-state index contributed by atoms with van der Waals surface area (Å²) in [4.78, 5) is 18.0. The number of amides is 1. The van der Waals surface area contributed by atoms with Gasteiger partial charge in [-0.15, -0.1) is 0 Å². The van der Waals surface area contributed by atoms with E-state index in [0.29, 0.717) is 5.91 Å². The Morgan fingerprint density at radius 3 is 3.06 bits per heavy atom. The largest absolute Gasteiger partial charge is 0.341 e. The average molecular weight is 247 g/mol. The smallest absolute Gasteiger partial charge is 0.222 e. The molecule has 98 valence electrons. The zero-order chi connectivity index (χ0) is 12.6. The molecule has 1 aliphatic rings. The molecule has 1 aliphatic heterocycles. The molecule has 1 aromatic heterocycles. The molecule has 4 heteroatoms. The van der Waals surface area contributed by atoms with Gasteiger partial charge < -0.3 is 10.2 Å². The maximum atomic E-state index is 11.8. The Hall–Kier alpha value is -1.42. The topological polar surface area (TPSA) is 45.2 Å². The molecule has 2 heterocycles. The lowest BCUT2D eigenvalue weighted by Crippen LogP contribution is -2.36. The molecular formula is C14H21N3O. The van der Waals surface area contributed by atoms with Crippen molar-refractivity contribution in [3.05, 3.63) is 30.1 Å². The van der Waals surface area contributed by atoms with Crippen molar-refractivity contribution in [3.63, 3.8) is 0 Å². The lowest BCUT2D eigenvalue weighted by molar-refractivity contribution is -0.130. The fraction of sp³-hybridized carbons (Fsp3) is 0.571. The van der Waals surface area contributed by atoms with E-state index in [2.05, 4.69) is 10.3 Å². The van der Waals surface area contributed by atoms with Gasteiger partial charge in [-0.2, -0.15) is 0 Å². The molecule has 1 aromatic rings. The van der Waals surface area contributed by atoms with E-state index in [1.165, 1.54) is 6.42 Å². The first kappa shape index (κ1) is 13.0. The van der Waals surface area contributed by atoms with Crippen LogP contribution in [0.3, 0.4) is 0 Å². The molecule has 1 saturated heterocycles. The van der Waals surface area contributed by atoms with Crippen molar-refractivity contribution in [2.75, 3.05) is 19.6 Å². The van der Waals surface area contributed by atoms with Gasteiger partial charge in [0.25, 0.3) is 0 Å². The molecule has 0 bridgehead atoms. The first-order chi connectivity index (χ1) is 8.86. The van der Waals surface area contributed by atoms with Crippen LogP contribution in [0.4, 0.5) is 0 Å². The summed E-state index contributed by atoms with van der Waals surface area (Å²) in [5.74, 6) is 0.312. The van der Waals surface area contributed by atoms with Gasteiger partial charge in [0.05, 0.1) is 5.69 Å². The summed E-state index contributed by atoms with van der Waals surface area (Å²) in [6.45, 7) is 3.33. The first-order valence-corrected chi connectivity index (χ1v) is 6.74. The minimum Gasteiger partial charge on any atom is -0.341 e. The highest BCUT2D eigenvalue weighted by atomic mass is 16.2. The summed E-state index contributed by atoms with van der Waals surface area (Å²) in [5.41, 5.74) is 1.04. The fourth-order valence-electron chi connectivity index (χ4n) is 2.21. The maximum Gasteiger partial charge on any atom is 0.222 e. The first-order valence-electron chi connectivity index (χ1n) is 6.74. The molecule has 0 aromatic carbocycles. The van der Waals surface area contributed by atoms with E-state index in [0.717, 1.165) is 51.1 Å². The molecule has 0 unspecified atom stereocenters. The third kappa shape index (κ3) is 4.11. The molecule has 1 amide bonds. The Balaban J connectivity index is 1.67. The highest BCUT2D eigenvalue weighted by Gasteiger charge is 2.15. The van der Waals surface area contributed by atoms with Crippen LogP contribution in [-0.2, 0) is 11.3 Å². The molecule has 0 atom stereocenters. The Kier molecular flexibility index (Phi) is 5.15. The van der Waals surface area contributed by atoms with Crippen LogP contribution in [0.2, 0.25) is 0 Å². The average Bonchev–Trinajstić information content (AvgIpc) is 2.61. The summed E-state index contributed by atoms with van der Waals surface area (Å²) in [6, 6.07) is 5.91. The summed E-state index contributed by atoms with van der Waals surface area (Å²) in [7, 11) is 0. The number of hydrogen-bond donors (Lipinski definition) is 1. The van der Waals surface area contributed by atoms with Crippen LogP contribution in [0.25, 0.3) is 0 Å². The summed E-state index contributed by atoms with van der Waals surface area (Å²) < 4.78 is 0. The van der Waals surface area contributed by atoms with Gasteiger partial charge in [0, 0.05) is 38.8 Å². The number of likely N-dealkylation sites (tertiary alicyclic amines) is 1. The van der Waals surface area contributed by atoms with Crippen LogP contribution < -0.4 is 5.32 Å². The number of aromatic nitrogens is 1. The molecule has 1 fully saturated rings. The van der Waals surface area contributed by atoms with Gasteiger partial charge >= 0.3 is 0 Å². The molecule has 0 aliphatic carbocycles. The number of hydrogen-bond acceptors (Lipinski definition) is 3. The number of carbonyl (C=O) groups is 1. The van der Waals surface area contributed by atoms with Crippen molar-refractivity contribution in [1.82, 2.24) is 15.2 Å². The summed E-state index contributed by atoms with van der Waals surface area (Å²) >= 11 is 0. The third-order valence-electron chi connectivity index (χ3n) is 3.26. The molecule has 2 rings (SSSR count). The quantitative estimate of drug-likeness (QED) is 0.803. The van der Waals surface area contributed by atoms with E-state index in [1.54, 1.807) is 6.20 Å². The highest BCUT2D eigenvalue weighted by molar-refractivity contribution is 5.76. The molecule has 0 radical (unpaired) electrons. The maximum absolute atomic E-state index is 11.8. The van der Waals surface area contributed by atoms with Gasteiger partial charge in [0.15, 0.2) is 0 Å². The summed E-state index contributed by atoms with van der Waals surface area (Å²) in [6.07, 6.45) is 5.90. The Morgan fingerprint density at radius 2 is 2.22 bits per heavy atom. The van der Waals surface area contributed by atoms with E-state index in [4.69, 9.17) is 0 Å². The van der Waals surface area contributed by atoms with Crippen LogP contribution in [-0.4, -0.2) is 35.4 Å². The lowest BCUT2D eigenvalue weighted by Gasteiger charge is -2.20. The molecule has 18 heavy (non-hydrogen) atoms. The highest BCUT2D eigenvalue weighted by Crippen LogP contribution is 2.10. The van der Waals surface area contributed by atoms with Gasteiger partial charge in [-0.05, 0) is 25.0 Å². The Labute approximate surface area is 108 Å². The third-order valence-corrected chi connectivity index (χ3v) is 3.26. The Morgan fingerprint density at radius 1 is 1.28 bits per heavy atom. The van der Waals surface area contributed by atoms with Crippen molar-refractivity contribution in [1.29, 1.82) is 0 Å². The SMILES string of the molecule is O=C1CCCCCN1CCNCc1ccccn1. The minimum absolute atomic E-state index is 0.312. The number of carbonyl (C=O) groups excluding carboxylic acids is 1. The molecule has 0 spiro atoms. The molecular weight excluding hydrogens is 226 g/mol. The number of rotatable bonds is 5.